The van der Waals surface area contributed by atoms with Crippen molar-refractivity contribution in [2.45, 2.75) is 38.1 Å². The Balaban J connectivity index is 2.59. The van der Waals surface area contributed by atoms with Crippen LogP contribution in [0.25, 0.3) is 0 Å². The number of carbonyl (C=O) groups is 1. The van der Waals surface area contributed by atoms with Gasteiger partial charge in [-0.1, -0.05) is 19.1 Å². The maximum absolute atomic E-state index is 13.9. The summed E-state index contributed by atoms with van der Waals surface area (Å²) in [6.45, 7) is 5.42. The third-order valence-electron chi connectivity index (χ3n) is 3.89. The van der Waals surface area contributed by atoms with Crippen LogP contribution in [0.15, 0.2) is 18.2 Å². The van der Waals surface area contributed by atoms with Gasteiger partial charge < -0.3 is 5.32 Å². The van der Waals surface area contributed by atoms with Gasteiger partial charge in [-0.2, -0.15) is 0 Å². The molecule has 1 aliphatic rings. The smallest absolute Gasteiger partial charge is 0.221 e. The van der Waals surface area contributed by atoms with Gasteiger partial charge >= 0.3 is 0 Å². The van der Waals surface area contributed by atoms with Crippen molar-refractivity contribution in [3.05, 3.63) is 35.4 Å². The Morgan fingerprint density at radius 2 is 1.88 bits per heavy atom. The first kappa shape index (κ1) is 12.0. The molecule has 17 heavy (non-hydrogen) atoms. The second-order valence-corrected chi connectivity index (χ2v) is 5.28. The van der Waals surface area contributed by atoms with Crippen LogP contribution in [-0.4, -0.2) is 11.4 Å². The van der Waals surface area contributed by atoms with Gasteiger partial charge in [0.1, 0.15) is 0 Å². The maximum atomic E-state index is 13.9. The molecule has 0 aromatic heterocycles. The maximum Gasteiger partial charge on any atom is 0.221 e. The lowest BCUT2D eigenvalue weighted by Crippen LogP contribution is -2.48. The topological polar surface area (TPSA) is 29.1 Å². The highest BCUT2D eigenvalue weighted by Crippen LogP contribution is 2.43. The van der Waals surface area contributed by atoms with Crippen molar-refractivity contribution in [3.63, 3.8) is 0 Å². The third kappa shape index (κ3) is 1.63. The number of nitrogens with one attached hydrogen (secondary N) is 1. The lowest BCUT2D eigenvalue weighted by atomic mass is 9.69. The van der Waals surface area contributed by atoms with E-state index < -0.39 is 22.6 Å². The molecule has 1 amide bonds. The van der Waals surface area contributed by atoms with Gasteiger partial charge in [0, 0.05) is 17.4 Å². The van der Waals surface area contributed by atoms with Crippen molar-refractivity contribution < 1.29 is 13.6 Å². The normalized spacial score (nSPS) is 27.0. The van der Waals surface area contributed by atoms with E-state index in [0.29, 0.717) is 0 Å². The van der Waals surface area contributed by atoms with E-state index in [1.54, 1.807) is 13.0 Å². The van der Waals surface area contributed by atoms with Crippen molar-refractivity contribution in [2.75, 3.05) is 0 Å². The average molecular weight is 239 g/mol. The minimum atomic E-state index is -0.876. The first-order valence-corrected chi connectivity index (χ1v) is 5.53. The minimum absolute atomic E-state index is 0.138. The molecule has 1 unspecified atom stereocenters. The van der Waals surface area contributed by atoms with Crippen LogP contribution in [0.5, 0.6) is 0 Å². The van der Waals surface area contributed by atoms with Crippen LogP contribution in [-0.2, 0) is 10.2 Å². The standard InChI is InChI=1S/C13H15F2NO/c1-12(2)13(3,7-10(17)16-12)8-5-4-6-9(14)11(8)15/h4-6H,7H2,1-3H3,(H,16,17). The number of amides is 1. The molecule has 1 heterocycles. The van der Waals surface area contributed by atoms with Crippen LogP contribution in [0, 0.1) is 11.6 Å². The Morgan fingerprint density at radius 1 is 1.24 bits per heavy atom. The number of benzene rings is 1. The summed E-state index contributed by atoms with van der Waals surface area (Å²) in [5, 5.41) is 2.80. The summed E-state index contributed by atoms with van der Waals surface area (Å²) in [7, 11) is 0. The van der Waals surface area contributed by atoms with E-state index in [1.807, 2.05) is 13.8 Å². The van der Waals surface area contributed by atoms with Gasteiger partial charge in [-0.3, -0.25) is 4.79 Å². The third-order valence-corrected chi connectivity index (χ3v) is 3.89. The van der Waals surface area contributed by atoms with Gasteiger partial charge in [-0.15, -0.1) is 0 Å². The molecule has 1 saturated heterocycles. The Labute approximate surface area is 99.0 Å². The predicted molar refractivity (Wildman–Crippen MR) is 60.5 cm³/mol. The molecule has 1 atom stereocenters. The van der Waals surface area contributed by atoms with E-state index in [4.69, 9.17) is 0 Å². The molecule has 1 fully saturated rings. The molecule has 0 bridgehead atoms. The fourth-order valence-corrected chi connectivity index (χ4v) is 2.43. The quantitative estimate of drug-likeness (QED) is 0.801. The van der Waals surface area contributed by atoms with Crippen LogP contribution >= 0.6 is 0 Å². The molecule has 0 radical (unpaired) electrons. The number of hydrogen-bond donors (Lipinski definition) is 1. The van der Waals surface area contributed by atoms with Crippen LogP contribution in [0.3, 0.4) is 0 Å². The molecule has 0 saturated carbocycles. The summed E-state index contributed by atoms with van der Waals surface area (Å²) >= 11 is 0. The number of hydrogen-bond acceptors (Lipinski definition) is 1. The highest BCUT2D eigenvalue weighted by atomic mass is 19.2. The first-order chi connectivity index (χ1) is 7.78. The zero-order valence-corrected chi connectivity index (χ0v) is 10.1. The van der Waals surface area contributed by atoms with Crippen molar-refractivity contribution >= 4 is 5.91 Å². The molecule has 2 nitrogen and oxygen atoms in total. The van der Waals surface area contributed by atoms with Crippen LogP contribution in [0.2, 0.25) is 0 Å². The van der Waals surface area contributed by atoms with E-state index in [-0.39, 0.29) is 17.9 Å². The van der Waals surface area contributed by atoms with Crippen molar-refractivity contribution in [2.24, 2.45) is 0 Å². The first-order valence-electron chi connectivity index (χ1n) is 5.53. The van der Waals surface area contributed by atoms with Gasteiger partial charge in [0.15, 0.2) is 11.6 Å². The minimum Gasteiger partial charge on any atom is -0.350 e. The van der Waals surface area contributed by atoms with Crippen LogP contribution in [0.1, 0.15) is 32.8 Å². The zero-order valence-electron chi connectivity index (χ0n) is 10.1. The fraction of sp³-hybridized carbons (Fsp3) is 0.462. The van der Waals surface area contributed by atoms with Gasteiger partial charge in [-0.25, -0.2) is 8.78 Å². The van der Waals surface area contributed by atoms with E-state index in [2.05, 4.69) is 5.32 Å². The van der Waals surface area contributed by atoms with E-state index in [9.17, 15) is 13.6 Å². The van der Waals surface area contributed by atoms with Crippen molar-refractivity contribution in [1.29, 1.82) is 0 Å². The number of carbonyl (C=O) groups excluding carboxylic acids is 1. The van der Waals surface area contributed by atoms with E-state index >= 15 is 0 Å². The Bertz CT molecular complexity index is 484. The molecule has 1 N–H and O–H groups in total. The monoisotopic (exact) mass is 239 g/mol. The molecule has 1 aliphatic heterocycles. The Kier molecular flexibility index (Phi) is 2.49. The van der Waals surface area contributed by atoms with Crippen molar-refractivity contribution in [3.8, 4) is 0 Å². The van der Waals surface area contributed by atoms with Gasteiger partial charge in [0.2, 0.25) is 5.91 Å². The average Bonchev–Trinajstić information content (AvgIpc) is 2.40. The Morgan fingerprint density at radius 3 is 2.41 bits per heavy atom. The fourth-order valence-electron chi connectivity index (χ4n) is 2.43. The zero-order chi connectivity index (χ0) is 12.8. The van der Waals surface area contributed by atoms with E-state index in [0.717, 1.165) is 6.07 Å². The summed E-state index contributed by atoms with van der Waals surface area (Å²) in [5.41, 5.74) is -1.09. The molecule has 1 aromatic carbocycles. The van der Waals surface area contributed by atoms with E-state index in [1.165, 1.54) is 6.07 Å². The highest BCUT2D eigenvalue weighted by Gasteiger charge is 2.51. The number of rotatable bonds is 1. The summed E-state index contributed by atoms with van der Waals surface area (Å²) in [5.74, 6) is -1.88. The second kappa shape index (κ2) is 3.52. The van der Waals surface area contributed by atoms with Crippen LogP contribution in [0.4, 0.5) is 8.78 Å². The molecule has 0 spiro atoms. The van der Waals surface area contributed by atoms with Gasteiger partial charge in [0.05, 0.1) is 0 Å². The van der Waals surface area contributed by atoms with Gasteiger partial charge in [-0.05, 0) is 25.5 Å². The predicted octanol–water partition coefficient (Wildman–Crippen LogP) is 2.52. The van der Waals surface area contributed by atoms with Crippen molar-refractivity contribution in [1.82, 2.24) is 5.32 Å². The molecule has 4 heteroatoms. The SMILES string of the molecule is CC1(C)NC(=O)CC1(C)c1cccc(F)c1F. The Hall–Kier alpha value is -1.45. The largest absolute Gasteiger partial charge is 0.350 e. The molecule has 0 aliphatic carbocycles. The lowest BCUT2D eigenvalue weighted by Gasteiger charge is -2.37. The second-order valence-electron chi connectivity index (χ2n) is 5.28. The molecule has 2 rings (SSSR count). The van der Waals surface area contributed by atoms with Crippen LogP contribution < -0.4 is 5.32 Å². The summed E-state index contributed by atoms with van der Waals surface area (Å²) in [4.78, 5) is 11.5. The molecule has 1 aromatic rings. The van der Waals surface area contributed by atoms with Gasteiger partial charge in [0.25, 0.3) is 0 Å². The molecular weight excluding hydrogens is 224 g/mol. The summed E-state index contributed by atoms with van der Waals surface area (Å²) < 4.78 is 27.1. The lowest BCUT2D eigenvalue weighted by molar-refractivity contribution is -0.119. The molecule has 92 valence electrons. The summed E-state index contributed by atoms with van der Waals surface area (Å²) in [6.07, 6.45) is 0.167. The summed E-state index contributed by atoms with van der Waals surface area (Å²) in [6, 6.07) is 4.09. The molecular formula is C13H15F2NO. The highest BCUT2D eigenvalue weighted by molar-refractivity contribution is 5.82. The number of halogens is 2.